The van der Waals surface area contributed by atoms with Crippen LogP contribution in [0.3, 0.4) is 0 Å². The van der Waals surface area contributed by atoms with Gasteiger partial charge in [0.2, 0.25) is 0 Å². The van der Waals surface area contributed by atoms with Crippen LogP contribution < -0.4 is 0 Å². The quantitative estimate of drug-likeness (QED) is 0.899. The first-order valence-electron chi connectivity index (χ1n) is 5.27. The average Bonchev–Trinajstić information content (AvgIpc) is 2.81. The van der Waals surface area contributed by atoms with E-state index in [1.807, 2.05) is 41.0 Å². The van der Waals surface area contributed by atoms with E-state index in [1.54, 1.807) is 11.3 Å². The lowest BCUT2D eigenvalue weighted by molar-refractivity contribution is 0.176. The van der Waals surface area contributed by atoms with Gasteiger partial charge in [0.25, 0.3) is 0 Å². The minimum absolute atomic E-state index is 0.271. The highest BCUT2D eigenvalue weighted by Gasteiger charge is 2.32. The van der Waals surface area contributed by atoms with E-state index >= 15 is 0 Å². The Morgan fingerprint density at radius 3 is 2.93 bits per heavy atom. The first-order chi connectivity index (χ1) is 7.33. The van der Waals surface area contributed by atoms with Gasteiger partial charge in [0.1, 0.15) is 6.10 Å². The Balaban J connectivity index is 2.07. The molecule has 1 nitrogen and oxygen atoms in total. The van der Waals surface area contributed by atoms with Crippen molar-refractivity contribution >= 4 is 34.9 Å². The number of rotatable bonds is 3. The van der Waals surface area contributed by atoms with Crippen LogP contribution in [0.2, 0.25) is 0 Å². The van der Waals surface area contributed by atoms with E-state index in [2.05, 4.69) is 6.92 Å². The number of aliphatic hydroxyl groups excluding tert-OH is 1. The molecule has 2 rings (SSSR count). The topological polar surface area (TPSA) is 20.2 Å². The Morgan fingerprint density at radius 1 is 1.47 bits per heavy atom. The Labute approximate surface area is 104 Å². The van der Waals surface area contributed by atoms with Crippen molar-refractivity contribution in [3.05, 3.63) is 22.4 Å². The maximum absolute atomic E-state index is 10.3. The molecule has 1 saturated heterocycles. The molecule has 1 aliphatic rings. The van der Waals surface area contributed by atoms with Gasteiger partial charge in [0, 0.05) is 26.9 Å². The Bertz CT molecular complexity index is 286. The van der Waals surface area contributed by atoms with Crippen LogP contribution in [0.25, 0.3) is 0 Å². The lowest BCUT2D eigenvalue weighted by atomic mass is 10.1. The molecule has 4 heteroatoms. The second-order valence-corrected chi connectivity index (χ2v) is 7.23. The van der Waals surface area contributed by atoms with Crippen molar-refractivity contribution < 1.29 is 5.11 Å². The van der Waals surface area contributed by atoms with Gasteiger partial charge in [0.15, 0.2) is 0 Å². The van der Waals surface area contributed by atoms with Gasteiger partial charge in [-0.3, -0.25) is 0 Å². The third-order valence-corrected chi connectivity index (χ3v) is 6.92. The summed E-state index contributed by atoms with van der Waals surface area (Å²) in [5.41, 5.74) is 0. The highest BCUT2D eigenvalue weighted by Crippen LogP contribution is 2.41. The van der Waals surface area contributed by atoms with Gasteiger partial charge >= 0.3 is 0 Å². The molecule has 3 atom stereocenters. The summed E-state index contributed by atoms with van der Waals surface area (Å²) in [5, 5.41) is 13.3. The van der Waals surface area contributed by atoms with Crippen LogP contribution in [-0.2, 0) is 0 Å². The van der Waals surface area contributed by atoms with Crippen LogP contribution >= 0.6 is 34.9 Å². The maximum Gasteiger partial charge on any atom is 0.101 e. The molecule has 0 saturated carbocycles. The van der Waals surface area contributed by atoms with E-state index in [0.717, 1.165) is 11.3 Å². The maximum atomic E-state index is 10.3. The van der Waals surface area contributed by atoms with Gasteiger partial charge in [-0.1, -0.05) is 13.0 Å². The fraction of sp³-hybridized carbons (Fsp3) is 0.636. The SMILES string of the molecule is CCC1SCCSC1C(O)c1cccs1. The van der Waals surface area contributed by atoms with Crippen LogP contribution in [0.1, 0.15) is 24.3 Å². The summed E-state index contributed by atoms with van der Waals surface area (Å²) in [6.45, 7) is 2.22. The molecule has 3 unspecified atom stereocenters. The van der Waals surface area contributed by atoms with Crippen molar-refractivity contribution in [2.75, 3.05) is 11.5 Å². The molecule has 0 bridgehead atoms. The highest BCUT2D eigenvalue weighted by atomic mass is 32.2. The number of hydrogen-bond acceptors (Lipinski definition) is 4. The number of thioether (sulfide) groups is 2. The van der Waals surface area contributed by atoms with Crippen LogP contribution in [-0.4, -0.2) is 27.1 Å². The van der Waals surface area contributed by atoms with Gasteiger partial charge in [-0.15, -0.1) is 11.3 Å². The summed E-state index contributed by atoms with van der Waals surface area (Å²) in [6, 6.07) is 4.06. The third kappa shape index (κ3) is 2.73. The van der Waals surface area contributed by atoms with Crippen LogP contribution in [0, 0.1) is 0 Å². The summed E-state index contributed by atoms with van der Waals surface area (Å²) in [7, 11) is 0. The second-order valence-electron chi connectivity index (χ2n) is 3.61. The summed E-state index contributed by atoms with van der Waals surface area (Å²) < 4.78 is 0. The number of hydrogen-bond donors (Lipinski definition) is 1. The molecule has 1 fully saturated rings. The van der Waals surface area contributed by atoms with Crippen LogP contribution in [0.5, 0.6) is 0 Å². The molecule has 84 valence electrons. The fourth-order valence-electron chi connectivity index (χ4n) is 1.85. The lowest BCUT2D eigenvalue weighted by Gasteiger charge is -2.32. The summed E-state index contributed by atoms with van der Waals surface area (Å²) in [5.74, 6) is 2.41. The smallest absolute Gasteiger partial charge is 0.101 e. The molecule has 1 aliphatic heterocycles. The van der Waals surface area contributed by atoms with E-state index in [4.69, 9.17) is 0 Å². The average molecular weight is 260 g/mol. The van der Waals surface area contributed by atoms with Gasteiger partial charge in [-0.25, -0.2) is 0 Å². The number of aliphatic hydroxyl groups is 1. The standard InChI is InChI=1S/C11H16OS3/c1-2-8-11(15-7-6-14-8)10(12)9-4-3-5-13-9/h3-5,8,10-12H,2,6-7H2,1H3. The first-order valence-corrected chi connectivity index (χ1v) is 8.25. The second kappa shape index (κ2) is 5.62. The van der Waals surface area contributed by atoms with Crippen molar-refractivity contribution in [2.24, 2.45) is 0 Å². The summed E-state index contributed by atoms with van der Waals surface area (Å²) >= 11 is 5.62. The zero-order valence-electron chi connectivity index (χ0n) is 8.76. The van der Waals surface area contributed by atoms with Gasteiger partial charge in [-0.05, 0) is 17.9 Å². The molecule has 1 aromatic rings. The first kappa shape index (κ1) is 11.8. The third-order valence-electron chi connectivity index (χ3n) is 2.64. The van der Waals surface area contributed by atoms with Gasteiger partial charge in [-0.2, -0.15) is 23.5 Å². The number of thiophene rings is 1. The van der Waals surface area contributed by atoms with E-state index in [1.165, 1.54) is 11.5 Å². The van der Waals surface area contributed by atoms with Crippen molar-refractivity contribution in [3.63, 3.8) is 0 Å². The van der Waals surface area contributed by atoms with Gasteiger partial charge in [0.05, 0.1) is 0 Å². The molecule has 0 aromatic carbocycles. The van der Waals surface area contributed by atoms with E-state index < -0.39 is 0 Å². The molecular weight excluding hydrogens is 244 g/mol. The molecule has 1 N–H and O–H groups in total. The largest absolute Gasteiger partial charge is 0.386 e. The van der Waals surface area contributed by atoms with E-state index in [0.29, 0.717) is 10.5 Å². The summed E-state index contributed by atoms with van der Waals surface area (Å²) in [6.07, 6.45) is 0.887. The molecule has 0 amide bonds. The van der Waals surface area contributed by atoms with Crippen molar-refractivity contribution in [3.8, 4) is 0 Å². The predicted octanol–water partition coefficient (Wildman–Crippen LogP) is 3.41. The molecule has 1 aromatic heterocycles. The van der Waals surface area contributed by atoms with E-state index in [-0.39, 0.29) is 6.10 Å². The highest BCUT2D eigenvalue weighted by molar-refractivity contribution is 8.07. The Kier molecular flexibility index (Phi) is 4.43. The van der Waals surface area contributed by atoms with Crippen LogP contribution in [0.15, 0.2) is 17.5 Å². The van der Waals surface area contributed by atoms with Crippen molar-refractivity contribution in [1.29, 1.82) is 0 Å². The molecule has 2 heterocycles. The minimum Gasteiger partial charge on any atom is -0.386 e. The normalized spacial score (nSPS) is 28.9. The van der Waals surface area contributed by atoms with E-state index in [9.17, 15) is 5.11 Å². The molecular formula is C11H16OS3. The zero-order valence-corrected chi connectivity index (χ0v) is 11.2. The molecule has 0 radical (unpaired) electrons. The lowest BCUT2D eigenvalue weighted by Crippen LogP contribution is -2.30. The molecule has 15 heavy (non-hydrogen) atoms. The Morgan fingerprint density at radius 2 is 2.27 bits per heavy atom. The van der Waals surface area contributed by atoms with Crippen molar-refractivity contribution in [2.45, 2.75) is 29.9 Å². The fourth-order valence-corrected chi connectivity index (χ4v) is 5.82. The van der Waals surface area contributed by atoms with Crippen LogP contribution in [0.4, 0.5) is 0 Å². The monoisotopic (exact) mass is 260 g/mol. The van der Waals surface area contributed by atoms with Crippen molar-refractivity contribution in [1.82, 2.24) is 0 Å². The van der Waals surface area contributed by atoms with Gasteiger partial charge < -0.3 is 5.11 Å². The predicted molar refractivity (Wildman–Crippen MR) is 72.1 cm³/mol. The molecule has 0 spiro atoms. The minimum atomic E-state index is -0.271. The Hall–Kier alpha value is 0.360. The zero-order chi connectivity index (χ0) is 10.7. The summed E-state index contributed by atoms with van der Waals surface area (Å²) in [4.78, 5) is 1.12. The molecule has 0 aliphatic carbocycles.